The van der Waals surface area contributed by atoms with E-state index >= 15 is 0 Å². The fourth-order valence-corrected chi connectivity index (χ4v) is 3.12. The van der Waals surface area contributed by atoms with Crippen molar-refractivity contribution in [2.24, 2.45) is 5.16 Å². The molecule has 20 heavy (non-hydrogen) atoms. The van der Waals surface area contributed by atoms with Crippen LogP contribution in [0.3, 0.4) is 0 Å². The first-order valence-corrected chi connectivity index (χ1v) is 9.45. The van der Waals surface area contributed by atoms with Crippen LogP contribution in [0.1, 0.15) is 65.2 Å². The molecule has 120 valence electrons. The van der Waals surface area contributed by atoms with Crippen LogP contribution in [-0.4, -0.2) is 30.8 Å². The molecule has 1 N–H and O–H groups in total. The fraction of sp³-hybridized carbons (Fsp3) is 0.929. The molecule has 0 spiro atoms. The van der Waals surface area contributed by atoms with Gasteiger partial charge in [0.25, 0.3) is 0 Å². The minimum Gasteiger partial charge on any atom is -0.411 e. The van der Waals surface area contributed by atoms with Crippen molar-refractivity contribution in [2.75, 3.05) is 19.4 Å². The van der Waals surface area contributed by atoms with Gasteiger partial charge in [0.05, 0.1) is 25.6 Å². The maximum Gasteiger partial charge on any atom is 0.336 e. The molecular formula is C14H30NO4P. The molecule has 0 rings (SSSR count). The lowest BCUT2D eigenvalue weighted by Gasteiger charge is -2.16. The van der Waals surface area contributed by atoms with E-state index in [1.54, 1.807) is 0 Å². The number of hydrogen-bond donors (Lipinski definition) is 1. The Morgan fingerprint density at radius 1 is 0.950 bits per heavy atom. The number of hydrogen-bond acceptors (Lipinski definition) is 5. The van der Waals surface area contributed by atoms with Crippen molar-refractivity contribution in [3.8, 4) is 0 Å². The van der Waals surface area contributed by atoms with Gasteiger partial charge in [0.2, 0.25) is 0 Å². The van der Waals surface area contributed by atoms with Gasteiger partial charge in [0, 0.05) is 0 Å². The van der Waals surface area contributed by atoms with Crippen molar-refractivity contribution in [1.29, 1.82) is 0 Å². The number of oxime groups is 1. The molecule has 0 saturated carbocycles. The minimum absolute atomic E-state index is 0.0328. The third-order valence-electron chi connectivity index (χ3n) is 2.96. The molecular weight excluding hydrogens is 277 g/mol. The third kappa shape index (κ3) is 11.4. The maximum absolute atomic E-state index is 12.4. The molecule has 5 nitrogen and oxygen atoms in total. The second-order valence-corrected chi connectivity index (χ2v) is 6.98. The Balaban J connectivity index is 3.98. The van der Waals surface area contributed by atoms with E-state index in [1.165, 1.54) is 6.21 Å². The van der Waals surface area contributed by atoms with Crippen molar-refractivity contribution in [2.45, 2.75) is 65.2 Å². The highest BCUT2D eigenvalue weighted by atomic mass is 31.2. The van der Waals surface area contributed by atoms with E-state index in [-0.39, 0.29) is 6.16 Å². The summed E-state index contributed by atoms with van der Waals surface area (Å²) in [6.07, 6.45) is 9.74. The summed E-state index contributed by atoms with van der Waals surface area (Å²) < 4.78 is 23.2. The summed E-state index contributed by atoms with van der Waals surface area (Å²) in [7, 11) is -3.14. The van der Waals surface area contributed by atoms with E-state index in [1.807, 2.05) is 0 Å². The SMILES string of the molecule is CCCCCCOP(=O)(CC=NO)OCCCCCC. The molecule has 0 bridgehead atoms. The Morgan fingerprint density at radius 2 is 1.45 bits per heavy atom. The summed E-state index contributed by atoms with van der Waals surface area (Å²) in [6.45, 7) is 5.16. The van der Waals surface area contributed by atoms with Gasteiger partial charge in [-0.25, -0.2) is 0 Å². The van der Waals surface area contributed by atoms with Gasteiger partial charge in [0.1, 0.15) is 0 Å². The zero-order chi connectivity index (χ0) is 15.1. The highest BCUT2D eigenvalue weighted by Crippen LogP contribution is 2.47. The molecule has 0 amide bonds. The molecule has 0 aromatic heterocycles. The van der Waals surface area contributed by atoms with Gasteiger partial charge in [-0.1, -0.05) is 52.4 Å². The fourth-order valence-electron chi connectivity index (χ4n) is 1.74. The van der Waals surface area contributed by atoms with Crippen LogP contribution in [0.2, 0.25) is 0 Å². The maximum atomic E-state index is 12.4. The van der Waals surface area contributed by atoms with Crippen molar-refractivity contribution >= 4 is 13.8 Å². The van der Waals surface area contributed by atoms with Crippen molar-refractivity contribution in [3.05, 3.63) is 0 Å². The molecule has 0 atom stereocenters. The van der Waals surface area contributed by atoms with Crippen molar-refractivity contribution < 1.29 is 18.8 Å². The number of unbranched alkanes of at least 4 members (excludes halogenated alkanes) is 6. The molecule has 0 aliphatic rings. The summed E-state index contributed by atoms with van der Waals surface area (Å²) >= 11 is 0. The predicted octanol–water partition coefficient (Wildman–Crippen LogP) is 4.83. The van der Waals surface area contributed by atoms with Crippen LogP contribution in [0, 0.1) is 0 Å². The molecule has 0 aliphatic carbocycles. The van der Waals surface area contributed by atoms with Gasteiger partial charge in [0.15, 0.2) is 0 Å². The van der Waals surface area contributed by atoms with Crippen LogP contribution in [0.15, 0.2) is 5.16 Å². The lowest BCUT2D eigenvalue weighted by Crippen LogP contribution is -2.04. The highest BCUT2D eigenvalue weighted by molar-refractivity contribution is 7.54. The number of nitrogens with zero attached hydrogens (tertiary/aromatic N) is 1. The molecule has 0 unspecified atom stereocenters. The zero-order valence-electron chi connectivity index (χ0n) is 12.9. The van der Waals surface area contributed by atoms with Gasteiger partial charge in [-0.05, 0) is 12.8 Å². The quantitative estimate of drug-likeness (QED) is 0.164. The average molecular weight is 307 g/mol. The number of rotatable bonds is 14. The van der Waals surface area contributed by atoms with Crippen LogP contribution >= 0.6 is 7.60 Å². The van der Waals surface area contributed by atoms with Crippen molar-refractivity contribution in [1.82, 2.24) is 0 Å². The Hall–Kier alpha value is -0.380. The van der Waals surface area contributed by atoms with Gasteiger partial charge >= 0.3 is 7.60 Å². The molecule has 0 heterocycles. The van der Waals surface area contributed by atoms with Gasteiger partial charge in [-0.15, -0.1) is 5.16 Å². The summed E-state index contributed by atoms with van der Waals surface area (Å²) in [6, 6.07) is 0. The largest absolute Gasteiger partial charge is 0.411 e. The third-order valence-corrected chi connectivity index (χ3v) is 4.72. The molecule has 6 heteroatoms. The molecule has 0 aromatic rings. The van der Waals surface area contributed by atoms with Gasteiger partial charge in [-0.2, -0.15) is 0 Å². The van der Waals surface area contributed by atoms with Gasteiger partial charge in [-0.3, -0.25) is 4.57 Å². The van der Waals surface area contributed by atoms with E-state index in [2.05, 4.69) is 19.0 Å². The summed E-state index contributed by atoms with van der Waals surface area (Å²) in [4.78, 5) is 0. The first kappa shape index (κ1) is 19.6. The second-order valence-electron chi connectivity index (χ2n) is 4.88. The summed E-state index contributed by atoms with van der Waals surface area (Å²) in [5, 5.41) is 11.3. The molecule has 0 saturated heterocycles. The Morgan fingerprint density at radius 3 is 1.85 bits per heavy atom. The minimum atomic E-state index is -3.14. The predicted molar refractivity (Wildman–Crippen MR) is 82.9 cm³/mol. The average Bonchev–Trinajstić information content (AvgIpc) is 2.45. The lowest BCUT2D eigenvalue weighted by molar-refractivity contribution is 0.200. The first-order valence-electron chi connectivity index (χ1n) is 7.72. The van der Waals surface area contributed by atoms with E-state index in [0.29, 0.717) is 13.2 Å². The lowest BCUT2D eigenvalue weighted by atomic mass is 10.2. The van der Waals surface area contributed by atoms with E-state index in [4.69, 9.17) is 14.3 Å². The van der Waals surface area contributed by atoms with Gasteiger partial charge < -0.3 is 14.3 Å². The monoisotopic (exact) mass is 307 g/mol. The molecule has 0 radical (unpaired) electrons. The summed E-state index contributed by atoms with van der Waals surface area (Å²) in [5.74, 6) is 0. The van der Waals surface area contributed by atoms with Crippen LogP contribution in [0.4, 0.5) is 0 Å². The standard InChI is InChI=1S/C14H30NO4P/c1-3-5-7-9-12-18-20(17,14-11-15-16)19-13-10-8-6-4-2/h11,16H,3-10,12-14H2,1-2H3. The van der Waals surface area contributed by atoms with Crippen molar-refractivity contribution in [3.63, 3.8) is 0 Å². The first-order chi connectivity index (χ1) is 9.68. The smallest absolute Gasteiger partial charge is 0.336 e. The van der Waals surface area contributed by atoms with Crippen LogP contribution in [-0.2, 0) is 13.6 Å². The van der Waals surface area contributed by atoms with E-state index in [0.717, 1.165) is 51.4 Å². The highest BCUT2D eigenvalue weighted by Gasteiger charge is 2.23. The Bertz CT molecular complexity index is 266. The topological polar surface area (TPSA) is 68.1 Å². The van der Waals surface area contributed by atoms with Crippen LogP contribution in [0.25, 0.3) is 0 Å². The molecule has 0 aromatic carbocycles. The van der Waals surface area contributed by atoms with E-state index in [9.17, 15) is 4.57 Å². The molecule has 0 aliphatic heterocycles. The van der Waals surface area contributed by atoms with Crippen LogP contribution in [0.5, 0.6) is 0 Å². The van der Waals surface area contributed by atoms with E-state index < -0.39 is 7.60 Å². The molecule has 0 fully saturated rings. The Labute approximate surface area is 123 Å². The zero-order valence-corrected chi connectivity index (χ0v) is 13.8. The summed E-state index contributed by atoms with van der Waals surface area (Å²) in [5.41, 5.74) is 0. The van der Waals surface area contributed by atoms with Crippen LogP contribution < -0.4 is 0 Å². The normalized spacial score (nSPS) is 12.3. The second kappa shape index (κ2) is 13.6. The Kier molecular flexibility index (Phi) is 13.3.